The van der Waals surface area contributed by atoms with Crippen molar-refractivity contribution in [3.05, 3.63) is 56.6 Å². The second kappa shape index (κ2) is 12.7. The number of ketones is 3. The molecule has 1 heterocycles. The molecule has 16 nitrogen and oxygen atoms in total. The summed E-state index contributed by atoms with van der Waals surface area (Å²) in [6, 6.07) is 2.37. The summed E-state index contributed by atoms with van der Waals surface area (Å²) in [4.78, 5) is 64.8. The van der Waals surface area contributed by atoms with Crippen LogP contribution in [0.25, 0.3) is 0 Å². The summed E-state index contributed by atoms with van der Waals surface area (Å²) < 4.78 is 27.1. The maximum atomic E-state index is 14.7. The van der Waals surface area contributed by atoms with Gasteiger partial charge in [-0.2, -0.15) is 0 Å². The number of hydrogen-bond donors (Lipinski definition) is 5. The van der Waals surface area contributed by atoms with Crippen molar-refractivity contribution in [2.75, 3.05) is 35.5 Å². The number of aliphatic hydroxyl groups excluding tert-OH is 2. The molecule has 1 fully saturated rings. The van der Waals surface area contributed by atoms with Crippen LogP contribution in [0.5, 0.6) is 11.5 Å². The first-order valence-electron chi connectivity index (χ1n) is 16.0. The summed E-state index contributed by atoms with van der Waals surface area (Å²) in [6.07, 6.45) is -7.40. The van der Waals surface area contributed by atoms with Crippen LogP contribution in [0.2, 0.25) is 0 Å². The smallest absolute Gasteiger partial charge is 0.341 e. The summed E-state index contributed by atoms with van der Waals surface area (Å²) in [5, 5.41) is 58.1. The van der Waals surface area contributed by atoms with Gasteiger partial charge in [-0.25, -0.2) is 4.79 Å². The van der Waals surface area contributed by atoms with E-state index < -0.39 is 111 Å². The van der Waals surface area contributed by atoms with Gasteiger partial charge in [-0.05, 0) is 31.0 Å². The van der Waals surface area contributed by atoms with E-state index in [-0.39, 0.29) is 40.1 Å². The Hall–Kier alpha value is -4.42. The van der Waals surface area contributed by atoms with Crippen molar-refractivity contribution in [2.45, 2.75) is 74.6 Å². The fourth-order valence-corrected chi connectivity index (χ4v) is 8.11. The zero-order valence-corrected chi connectivity index (χ0v) is 28.8. The molecule has 16 heteroatoms. The molecule has 0 radical (unpaired) electrons. The maximum Gasteiger partial charge on any atom is 0.341 e. The lowest BCUT2D eigenvalue weighted by Gasteiger charge is -2.53. The molecule has 4 aliphatic rings. The van der Waals surface area contributed by atoms with Crippen LogP contribution in [0.4, 0.5) is 0 Å². The predicted octanol–water partition coefficient (Wildman–Crippen LogP) is 0.344. The lowest BCUT2D eigenvalue weighted by atomic mass is 9.56. The molecule has 0 aromatic heterocycles. The molecule has 2 aromatic rings. The summed E-state index contributed by atoms with van der Waals surface area (Å²) in [5.74, 6) is -6.06. The third kappa shape index (κ3) is 4.71. The molecule has 2 aromatic carbocycles. The zero-order valence-electron chi connectivity index (χ0n) is 28.8. The molecule has 0 saturated carbocycles. The molecule has 1 saturated heterocycles. The fourth-order valence-electron chi connectivity index (χ4n) is 8.11. The Balaban J connectivity index is 1.57. The Morgan fingerprint density at radius 3 is 2.20 bits per heavy atom. The first-order valence-corrected chi connectivity index (χ1v) is 16.0. The number of aliphatic hydroxyl groups is 3. The molecule has 0 bridgehead atoms. The molecule has 0 unspecified atom stereocenters. The second-order valence-corrected chi connectivity index (χ2v) is 12.9. The van der Waals surface area contributed by atoms with Crippen LogP contribution < -0.4 is 0 Å². The standard InChI is InChI=1S/C35H38N2O14/c1-12-8-14-9-19(38)35(50-7)31(44)22-16(30(43)34(35,46)23(14)26(41)20(12)33(45)49-6)10-15-21(25(22)40)17(36-3)11-18(24(15)39)37-32-29(48-5)27(42)28(47-4)13(2)51-32/h8,10,13,19,27-29,32,38,40-42,46H,9,11H2,1-7H3/t13-,19+,27+,28-,29+,32-,34-,35+/m0/s1. The van der Waals surface area contributed by atoms with E-state index >= 15 is 0 Å². The highest BCUT2D eigenvalue weighted by Crippen LogP contribution is 2.56. The quantitative estimate of drug-likeness (QED) is 0.263. The summed E-state index contributed by atoms with van der Waals surface area (Å²) in [6.45, 7) is 3.12. The minimum atomic E-state index is -3.18. The molecule has 272 valence electrons. The van der Waals surface area contributed by atoms with Crippen molar-refractivity contribution in [2.24, 2.45) is 9.98 Å². The van der Waals surface area contributed by atoms with Crippen LogP contribution in [0.1, 0.15) is 77.0 Å². The largest absolute Gasteiger partial charge is 0.507 e. The fraction of sp³-hybridized carbons (Fsp3) is 0.486. The number of esters is 1. The number of Topliss-reactive ketones (excluding diaryl/α,β-unsaturated/α-hetero) is 3. The number of carbonyl (C=O) groups excluding carboxylic acids is 4. The van der Waals surface area contributed by atoms with Gasteiger partial charge in [0.15, 0.2) is 17.4 Å². The van der Waals surface area contributed by atoms with E-state index in [4.69, 9.17) is 23.7 Å². The number of phenolic OH excluding ortho intramolecular Hbond substituents is 2. The highest BCUT2D eigenvalue weighted by Gasteiger charge is 2.72. The van der Waals surface area contributed by atoms with Crippen molar-refractivity contribution in [1.82, 2.24) is 0 Å². The third-order valence-corrected chi connectivity index (χ3v) is 10.5. The van der Waals surface area contributed by atoms with Crippen LogP contribution in [-0.2, 0) is 35.7 Å². The van der Waals surface area contributed by atoms with Crippen LogP contribution >= 0.6 is 0 Å². The number of fused-ring (bicyclic) bond motifs is 5. The van der Waals surface area contributed by atoms with E-state index in [9.17, 15) is 44.7 Å². The normalized spacial score (nSPS) is 33.1. The van der Waals surface area contributed by atoms with Gasteiger partial charge >= 0.3 is 5.97 Å². The van der Waals surface area contributed by atoms with Gasteiger partial charge in [0.05, 0.1) is 36.3 Å². The molecule has 0 amide bonds. The number of benzene rings is 2. The number of aromatic hydroxyl groups is 2. The van der Waals surface area contributed by atoms with E-state index in [1.54, 1.807) is 6.92 Å². The molecule has 5 N–H and O–H groups in total. The van der Waals surface area contributed by atoms with Crippen molar-refractivity contribution >= 4 is 34.7 Å². The van der Waals surface area contributed by atoms with Crippen molar-refractivity contribution in [3.8, 4) is 11.5 Å². The Morgan fingerprint density at radius 1 is 0.941 bits per heavy atom. The van der Waals surface area contributed by atoms with E-state index in [0.717, 1.165) is 20.3 Å². The third-order valence-electron chi connectivity index (χ3n) is 10.5. The molecule has 51 heavy (non-hydrogen) atoms. The van der Waals surface area contributed by atoms with E-state index in [1.807, 2.05) is 0 Å². The van der Waals surface area contributed by atoms with Gasteiger partial charge in [-0.15, -0.1) is 0 Å². The number of methoxy groups -OCH3 is 4. The molecular weight excluding hydrogens is 672 g/mol. The Bertz CT molecular complexity index is 1950. The van der Waals surface area contributed by atoms with Gasteiger partial charge in [0.25, 0.3) is 0 Å². The van der Waals surface area contributed by atoms with Crippen molar-refractivity contribution in [1.29, 1.82) is 0 Å². The number of phenols is 2. The first kappa shape index (κ1) is 36.4. The average Bonchev–Trinajstić information content (AvgIpc) is 3.08. The van der Waals surface area contributed by atoms with Crippen LogP contribution in [0.15, 0.2) is 22.1 Å². The van der Waals surface area contributed by atoms with Crippen molar-refractivity contribution in [3.63, 3.8) is 0 Å². The summed E-state index contributed by atoms with van der Waals surface area (Å²) in [5.41, 5.74) is -8.57. The molecule has 8 atom stereocenters. The van der Waals surface area contributed by atoms with Crippen LogP contribution in [0.3, 0.4) is 0 Å². The highest BCUT2D eigenvalue weighted by atomic mass is 16.6. The minimum absolute atomic E-state index is 0.0327. The van der Waals surface area contributed by atoms with E-state index in [0.29, 0.717) is 0 Å². The number of rotatable bonds is 5. The molecule has 3 aliphatic carbocycles. The molecule has 1 aliphatic heterocycles. The van der Waals surface area contributed by atoms with E-state index in [2.05, 4.69) is 9.98 Å². The van der Waals surface area contributed by atoms with Gasteiger partial charge < -0.3 is 49.2 Å². The number of aryl methyl sites for hydroxylation is 1. The second-order valence-electron chi connectivity index (χ2n) is 12.9. The molecule has 0 spiro atoms. The Kier molecular flexibility index (Phi) is 9.03. The zero-order chi connectivity index (χ0) is 37.5. The van der Waals surface area contributed by atoms with E-state index in [1.165, 1.54) is 34.3 Å². The number of hydrogen-bond acceptors (Lipinski definition) is 16. The highest BCUT2D eigenvalue weighted by molar-refractivity contribution is 6.53. The Morgan fingerprint density at radius 2 is 1.61 bits per heavy atom. The number of ether oxygens (including phenoxy) is 5. The lowest BCUT2D eigenvalue weighted by Crippen LogP contribution is -2.73. The lowest BCUT2D eigenvalue weighted by molar-refractivity contribution is -0.228. The van der Waals surface area contributed by atoms with Crippen molar-refractivity contribution < 1.29 is 68.4 Å². The minimum Gasteiger partial charge on any atom is -0.507 e. The monoisotopic (exact) mass is 710 g/mol. The number of carbonyl (C=O) groups is 4. The van der Waals surface area contributed by atoms with Gasteiger partial charge in [0, 0.05) is 63.5 Å². The topological polar surface area (TPSA) is 240 Å². The molecule has 6 rings (SSSR count). The Labute approximate surface area is 291 Å². The van der Waals surface area contributed by atoms with Crippen LogP contribution in [0, 0.1) is 6.92 Å². The predicted molar refractivity (Wildman–Crippen MR) is 175 cm³/mol. The SMILES string of the molecule is CN=C1CC(=N[C@H]2O[C@@H](C)[C@H](OC)[C@@H](O)[C@H]2OC)C(=O)c2cc3c(c(O)c21)C(=O)[C@]1(OC)[C@H](O)Cc2cc(C)c(C(=O)OC)c(O)c2[C@]1(O)C3=O. The number of aliphatic imine (C=N–C) groups is 2. The average molecular weight is 711 g/mol. The van der Waals surface area contributed by atoms with Gasteiger partial charge in [0.1, 0.15) is 35.4 Å². The van der Waals surface area contributed by atoms with Crippen LogP contribution in [-0.4, -0.2) is 138 Å². The molecular formula is C35H38N2O14. The number of nitrogens with zero attached hydrogens (tertiary/aromatic N) is 2. The summed E-state index contributed by atoms with van der Waals surface area (Å²) >= 11 is 0. The summed E-state index contributed by atoms with van der Waals surface area (Å²) in [7, 11) is 6.14. The van der Waals surface area contributed by atoms with Gasteiger partial charge in [-0.1, -0.05) is 6.07 Å². The van der Waals surface area contributed by atoms with Gasteiger partial charge in [-0.3, -0.25) is 24.4 Å². The van der Waals surface area contributed by atoms with Gasteiger partial charge in [0.2, 0.25) is 17.3 Å². The maximum absolute atomic E-state index is 14.7. The first-order chi connectivity index (χ1) is 24.1.